The van der Waals surface area contributed by atoms with E-state index in [1.807, 2.05) is 6.92 Å². The molecular weight excluding hydrogens is 252 g/mol. The van der Waals surface area contributed by atoms with Gasteiger partial charge in [-0.1, -0.05) is 12.1 Å². The number of primary amides is 1. The van der Waals surface area contributed by atoms with Crippen LogP contribution in [0.25, 0.3) is 0 Å². The molecule has 0 aliphatic carbocycles. The fourth-order valence-electron chi connectivity index (χ4n) is 1.34. The van der Waals surface area contributed by atoms with E-state index in [0.717, 1.165) is 12.8 Å². The molecule has 2 amide bonds. The van der Waals surface area contributed by atoms with Crippen LogP contribution in [0, 0.1) is 0 Å². The quantitative estimate of drug-likeness (QED) is 0.550. The van der Waals surface area contributed by atoms with E-state index in [1.54, 1.807) is 0 Å². The predicted molar refractivity (Wildman–Crippen MR) is 64.8 cm³/mol. The van der Waals surface area contributed by atoms with Gasteiger partial charge in [-0.2, -0.15) is 4.98 Å². The molecule has 19 heavy (non-hydrogen) atoms. The molecule has 4 N–H and O–H groups in total. The van der Waals surface area contributed by atoms with Crippen LogP contribution in [0.4, 0.5) is 0 Å². The summed E-state index contributed by atoms with van der Waals surface area (Å²) < 4.78 is 4.97. The minimum absolute atomic E-state index is 0.138. The Kier molecular flexibility index (Phi) is 5.94. The Bertz CT molecular complexity index is 432. The standard InChI is InChI=1S/C11H18N4O4/c1-2-3-8-14-10(19-15-8)5-4-9(17)13-6-7(16)11(12)18/h7,16H,2-6H2,1H3,(H2,12,18)(H,13,17). The van der Waals surface area contributed by atoms with Gasteiger partial charge in [-0.3, -0.25) is 9.59 Å². The number of aliphatic hydroxyl groups excluding tert-OH is 1. The number of hydrogen-bond donors (Lipinski definition) is 3. The lowest BCUT2D eigenvalue weighted by atomic mass is 10.2. The van der Waals surface area contributed by atoms with Crippen LogP contribution in [-0.2, 0) is 22.4 Å². The third-order valence-corrected chi connectivity index (χ3v) is 2.37. The van der Waals surface area contributed by atoms with Crippen LogP contribution in [0.5, 0.6) is 0 Å². The number of nitrogens with two attached hydrogens (primary N) is 1. The smallest absolute Gasteiger partial charge is 0.248 e. The molecule has 0 bridgehead atoms. The fourth-order valence-corrected chi connectivity index (χ4v) is 1.34. The minimum Gasteiger partial charge on any atom is -0.381 e. The number of aromatic nitrogens is 2. The zero-order chi connectivity index (χ0) is 14.3. The Labute approximate surface area is 110 Å². The number of aryl methyl sites for hydroxylation is 2. The van der Waals surface area contributed by atoms with Gasteiger partial charge in [0.1, 0.15) is 6.10 Å². The summed E-state index contributed by atoms with van der Waals surface area (Å²) in [5, 5.41) is 15.2. The average Bonchev–Trinajstić information content (AvgIpc) is 2.81. The average molecular weight is 270 g/mol. The maximum absolute atomic E-state index is 11.4. The summed E-state index contributed by atoms with van der Waals surface area (Å²) in [5.41, 5.74) is 4.84. The summed E-state index contributed by atoms with van der Waals surface area (Å²) in [5.74, 6) is -0.173. The number of nitrogens with one attached hydrogen (secondary N) is 1. The van der Waals surface area contributed by atoms with Crippen molar-refractivity contribution in [1.29, 1.82) is 0 Å². The SMILES string of the molecule is CCCc1noc(CCC(=O)NCC(O)C(N)=O)n1. The van der Waals surface area contributed by atoms with E-state index < -0.39 is 12.0 Å². The molecule has 0 fully saturated rings. The van der Waals surface area contributed by atoms with E-state index in [9.17, 15) is 9.59 Å². The second-order valence-electron chi connectivity index (χ2n) is 4.08. The van der Waals surface area contributed by atoms with Crippen molar-refractivity contribution in [2.45, 2.75) is 38.7 Å². The topological polar surface area (TPSA) is 131 Å². The molecule has 1 aromatic rings. The molecule has 1 heterocycles. The molecule has 0 saturated carbocycles. The number of carbonyl (C=O) groups excluding carboxylic acids is 2. The predicted octanol–water partition coefficient (Wildman–Crippen LogP) is -1.08. The summed E-state index contributed by atoms with van der Waals surface area (Å²) in [4.78, 5) is 26.1. The van der Waals surface area contributed by atoms with Crippen LogP contribution in [0.2, 0.25) is 0 Å². The molecule has 8 heteroatoms. The zero-order valence-electron chi connectivity index (χ0n) is 10.8. The summed E-state index contributed by atoms with van der Waals surface area (Å²) in [6, 6.07) is 0. The number of hydrogen-bond acceptors (Lipinski definition) is 6. The van der Waals surface area contributed by atoms with Crippen molar-refractivity contribution in [3.05, 3.63) is 11.7 Å². The lowest BCUT2D eigenvalue weighted by molar-refractivity contribution is -0.127. The Morgan fingerprint density at radius 1 is 1.47 bits per heavy atom. The molecule has 0 aliphatic heterocycles. The van der Waals surface area contributed by atoms with Gasteiger partial charge in [0.2, 0.25) is 17.7 Å². The molecule has 0 aromatic carbocycles. The van der Waals surface area contributed by atoms with E-state index >= 15 is 0 Å². The number of rotatable bonds is 8. The van der Waals surface area contributed by atoms with Gasteiger partial charge in [0.05, 0.1) is 6.54 Å². The van der Waals surface area contributed by atoms with Gasteiger partial charge in [-0.25, -0.2) is 0 Å². The Hall–Kier alpha value is -1.96. The van der Waals surface area contributed by atoms with Crippen molar-refractivity contribution in [3.63, 3.8) is 0 Å². The summed E-state index contributed by atoms with van der Waals surface area (Å²) in [6.45, 7) is 1.81. The lowest BCUT2D eigenvalue weighted by Crippen LogP contribution is -2.40. The van der Waals surface area contributed by atoms with Gasteiger partial charge in [0.25, 0.3) is 0 Å². The number of aliphatic hydroxyl groups is 1. The maximum Gasteiger partial charge on any atom is 0.248 e. The molecule has 1 atom stereocenters. The van der Waals surface area contributed by atoms with Crippen molar-refractivity contribution in [2.75, 3.05) is 6.54 Å². The van der Waals surface area contributed by atoms with Crippen LogP contribution in [0.1, 0.15) is 31.5 Å². The molecule has 0 saturated heterocycles. The van der Waals surface area contributed by atoms with Gasteiger partial charge in [-0.05, 0) is 6.42 Å². The van der Waals surface area contributed by atoms with Crippen LogP contribution >= 0.6 is 0 Å². The first-order chi connectivity index (χ1) is 9.02. The molecule has 0 aliphatic rings. The minimum atomic E-state index is -1.37. The molecule has 0 spiro atoms. The molecular formula is C11H18N4O4. The summed E-state index contributed by atoms with van der Waals surface area (Å²) >= 11 is 0. The normalized spacial score (nSPS) is 12.1. The van der Waals surface area contributed by atoms with Crippen molar-refractivity contribution < 1.29 is 19.2 Å². The van der Waals surface area contributed by atoms with E-state index in [-0.39, 0.29) is 18.9 Å². The van der Waals surface area contributed by atoms with Gasteiger partial charge in [0.15, 0.2) is 5.82 Å². The first-order valence-corrected chi connectivity index (χ1v) is 6.08. The van der Waals surface area contributed by atoms with E-state index in [1.165, 1.54) is 0 Å². The van der Waals surface area contributed by atoms with Crippen molar-refractivity contribution >= 4 is 11.8 Å². The maximum atomic E-state index is 11.4. The number of amides is 2. The van der Waals surface area contributed by atoms with Crippen LogP contribution in [0.3, 0.4) is 0 Å². The second kappa shape index (κ2) is 7.47. The zero-order valence-corrected chi connectivity index (χ0v) is 10.8. The molecule has 1 unspecified atom stereocenters. The van der Waals surface area contributed by atoms with Crippen LogP contribution in [0.15, 0.2) is 4.52 Å². The van der Waals surface area contributed by atoms with Crippen molar-refractivity contribution in [3.8, 4) is 0 Å². The van der Waals surface area contributed by atoms with E-state index in [2.05, 4.69) is 15.5 Å². The lowest BCUT2D eigenvalue weighted by Gasteiger charge is -2.07. The number of carbonyl (C=O) groups is 2. The highest BCUT2D eigenvalue weighted by Crippen LogP contribution is 2.02. The molecule has 1 rings (SSSR count). The van der Waals surface area contributed by atoms with Crippen molar-refractivity contribution in [1.82, 2.24) is 15.5 Å². The summed E-state index contributed by atoms with van der Waals surface area (Å²) in [6.07, 6.45) is 0.739. The first-order valence-electron chi connectivity index (χ1n) is 6.08. The highest BCUT2D eigenvalue weighted by molar-refractivity contribution is 5.80. The van der Waals surface area contributed by atoms with Gasteiger partial charge in [0, 0.05) is 19.3 Å². The van der Waals surface area contributed by atoms with Gasteiger partial charge >= 0.3 is 0 Å². The Morgan fingerprint density at radius 2 is 2.21 bits per heavy atom. The van der Waals surface area contributed by atoms with Gasteiger partial charge < -0.3 is 20.7 Å². The first kappa shape index (κ1) is 15.1. The van der Waals surface area contributed by atoms with E-state index in [0.29, 0.717) is 18.1 Å². The molecule has 0 radical (unpaired) electrons. The third kappa shape index (κ3) is 5.47. The van der Waals surface area contributed by atoms with Gasteiger partial charge in [-0.15, -0.1) is 0 Å². The second-order valence-corrected chi connectivity index (χ2v) is 4.08. The molecule has 8 nitrogen and oxygen atoms in total. The highest BCUT2D eigenvalue weighted by atomic mass is 16.5. The fraction of sp³-hybridized carbons (Fsp3) is 0.636. The van der Waals surface area contributed by atoms with Crippen LogP contribution in [-0.4, -0.2) is 39.7 Å². The van der Waals surface area contributed by atoms with Crippen LogP contribution < -0.4 is 11.1 Å². The third-order valence-electron chi connectivity index (χ3n) is 2.37. The van der Waals surface area contributed by atoms with E-state index in [4.69, 9.17) is 15.4 Å². The monoisotopic (exact) mass is 270 g/mol. The Morgan fingerprint density at radius 3 is 2.84 bits per heavy atom. The Balaban J connectivity index is 2.27. The van der Waals surface area contributed by atoms with Crippen molar-refractivity contribution in [2.24, 2.45) is 5.73 Å². The highest BCUT2D eigenvalue weighted by Gasteiger charge is 2.13. The summed E-state index contributed by atoms with van der Waals surface area (Å²) in [7, 11) is 0. The largest absolute Gasteiger partial charge is 0.381 e. The molecule has 106 valence electrons. The number of nitrogens with zero attached hydrogens (tertiary/aromatic N) is 2. The molecule has 1 aromatic heterocycles.